The minimum absolute atomic E-state index is 0.518. The van der Waals surface area contributed by atoms with Gasteiger partial charge in [0.25, 0.3) is 0 Å². The summed E-state index contributed by atoms with van der Waals surface area (Å²) in [6, 6.07) is 0. The van der Waals surface area contributed by atoms with Gasteiger partial charge in [0.05, 0.1) is 6.10 Å². The fourth-order valence-electron chi connectivity index (χ4n) is 1.84. The molecule has 0 unspecified atom stereocenters. The average Bonchev–Trinajstić information content (AvgIpc) is 2.22. The van der Waals surface area contributed by atoms with E-state index in [-0.39, 0.29) is 0 Å². The predicted octanol–water partition coefficient (Wildman–Crippen LogP) is 3.79. The summed E-state index contributed by atoms with van der Waals surface area (Å²) < 4.78 is 5.33. The molecule has 0 spiro atoms. The van der Waals surface area contributed by atoms with Crippen molar-refractivity contribution in [2.45, 2.75) is 52.6 Å². The lowest BCUT2D eigenvalue weighted by Gasteiger charge is -2.25. The quantitative estimate of drug-likeness (QED) is 0.593. The summed E-state index contributed by atoms with van der Waals surface area (Å²) in [7, 11) is 1.82. The highest BCUT2D eigenvalue weighted by Crippen LogP contribution is 2.26. The number of methoxy groups -OCH3 is 1. The van der Waals surface area contributed by atoms with Gasteiger partial charge in [-0.15, -0.1) is 0 Å². The zero-order chi connectivity index (χ0) is 10.1. The third kappa shape index (κ3) is 5.09. The van der Waals surface area contributed by atoms with Crippen LogP contribution in [-0.4, -0.2) is 13.2 Å². The third-order valence-electron chi connectivity index (χ3n) is 2.46. The largest absolute Gasteiger partial charge is 0.381 e. The summed E-state index contributed by atoms with van der Waals surface area (Å²) in [5, 5.41) is 0. The molecule has 1 heteroatoms. The lowest BCUT2D eigenvalue weighted by Crippen LogP contribution is -2.20. The van der Waals surface area contributed by atoms with Crippen LogP contribution in [0.5, 0.6) is 0 Å². The maximum atomic E-state index is 5.33. The van der Waals surface area contributed by atoms with Crippen molar-refractivity contribution < 1.29 is 4.74 Å². The van der Waals surface area contributed by atoms with Crippen LogP contribution >= 0.6 is 0 Å². The van der Waals surface area contributed by atoms with Crippen molar-refractivity contribution in [1.82, 2.24) is 0 Å². The molecular formula is C12H24O. The zero-order valence-corrected chi connectivity index (χ0v) is 9.55. The zero-order valence-electron chi connectivity index (χ0n) is 9.55. The molecule has 0 saturated heterocycles. The molecule has 13 heavy (non-hydrogen) atoms. The highest BCUT2D eigenvalue weighted by Gasteiger charge is 2.18. The standard InChI is InChI=1S/C10H18O.C2H6/c1-3-5-9-6-4-7-10(8-9)11-2;1-2/h3,5,9-10H,4,6-8H2,1-2H3;1-2H3/b5-3-;/t9-,10+;/m1./s1. The molecule has 1 nitrogen and oxygen atoms in total. The molecule has 78 valence electrons. The van der Waals surface area contributed by atoms with Crippen molar-refractivity contribution >= 4 is 0 Å². The van der Waals surface area contributed by atoms with Crippen molar-refractivity contribution in [3.63, 3.8) is 0 Å². The fraction of sp³-hybridized carbons (Fsp3) is 0.833. The van der Waals surface area contributed by atoms with E-state index in [1.165, 1.54) is 25.7 Å². The third-order valence-corrected chi connectivity index (χ3v) is 2.46. The van der Waals surface area contributed by atoms with E-state index in [0.717, 1.165) is 5.92 Å². The van der Waals surface area contributed by atoms with Crippen LogP contribution in [0.15, 0.2) is 12.2 Å². The van der Waals surface area contributed by atoms with Crippen LogP contribution in [0.4, 0.5) is 0 Å². The Morgan fingerprint density at radius 2 is 1.92 bits per heavy atom. The van der Waals surface area contributed by atoms with Gasteiger partial charge in [-0.05, 0) is 32.1 Å². The molecular weight excluding hydrogens is 160 g/mol. The normalized spacial score (nSPS) is 28.3. The Morgan fingerprint density at radius 1 is 1.23 bits per heavy atom. The molecule has 1 fully saturated rings. The summed E-state index contributed by atoms with van der Waals surface area (Å²) in [5.74, 6) is 0.777. The molecule has 2 atom stereocenters. The first kappa shape index (κ1) is 12.7. The van der Waals surface area contributed by atoms with E-state index in [4.69, 9.17) is 4.74 Å². The van der Waals surface area contributed by atoms with Gasteiger partial charge in [-0.1, -0.05) is 32.4 Å². The molecule has 0 heterocycles. The first-order valence-electron chi connectivity index (χ1n) is 5.52. The Kier molecular flexibility index (Phi) is 8.11. The maximum Gasteiger partial charge on any atom is 0.0577 e. The van der Waals surface area contributed by atoms with E-state index in [9.17, 15) is 0 Å². The summed E-state index contributed by atoms with van der Waals surface area (Å²) >= 11 is 0. The molecule has 0 bridgehead atoms. The second-order valence-corrected chi connectivity index (χ2v) is 3.31. The Labute approximate surface area is 83.2 Å². The van der Waals surface area contributed by atoms with Crippen molar-refractivity contribution in [2.75, 3.05) is 7.11 Å². The maximum absolute atomic E-state index is 5.33. The lowest BCUT2D eigenvalue weighted by atomic mass is 9.87. The molecule has 0 aromatic heterocycles. The van der Waals surface area contributed by atoms with E-state index in [0.29, 0.717) is 6.10 Å². The molecule has 0 radical (unpaired) electrons. The van der Waals surface area contributed by atoms with E-state index in [1.807, 2.05) is 21.0 Å². The van der Waals surface area contributed by atoms with Gasteiger partial charge in [0, 0.05) is 7.11 Å². The SMILES string of the molecule is C/C=C\[C@@H]1CCC[C@H](OC)C1.CC. The molecule has 0 aromatic rings. The monoisotopic (exact) mass is 184 g/mol. The topological polar surface area (TPSA) is 9.23 Å². The molecule has 0 N–H and O–H groups in total. The van der Waals surface area contributed by atoms with Gasteiger partial charge in [0.15, 0.2) is 0 Å². The average molecular weight is 184 g/mol. The Hall–Kier alpha value is -0.300. The van der Waals surface area contributed by atoms with Gasteiger partial charge >= 0.3 is 0 Å². The van der Waals surface area contributed by atoms with Crippen molar-refractivity contribution in [1.29, 1.82) is 0 Å². The summed E-state index contributed by atoms with van der Waals surface area (Å²) in [6.07, 6.45) is 10.1. The van der Waals surface area contributed by atoms with Crippen molar-refractivity contribution in [3.8, 4) is 0 Å². The number of rotatable bonds is 2. The second kappa shape index (κ2) is 8.31. The summed E-state index contributed by atoms with van der Waals surface area (Å²) in [5.41, 5.74) is 0. The van der Waals surface area contributed by atoms with Crippen LogP contribution in [0.25, 0.3) is 0 Å². The van der Waals surface area contributed by atoms with Gasteiger partial charge in [0.1, 0.15) is 0 Å². The Morgan fingerprint density at radius 3 is 2.46 bits per heavy atom. The highest BCUT2D eigenvalue weighted by atomic mass is 16.5. The van der Waals surface area contributed by atoms with Gasteiger partial charge in [-0.25, -0.2) is 0 Å². The molecule has 0 aliphatic heterocycles. The minimum atomic E-state index is 0.518. The summed E-state index contributed by atoms with van der Waals surface area (Å²) in [4.78, 5) is 0. The smallest absolute Gasteiger partial charge is 0.0577 e. The molecule has 0 amide bonds. The van der Waals surface area contributed by atoms with Crippen LogP contribution in [0.1, 0.15) is 46.5 Å². The number of allylic oxidation sites excluding steroid dienone is 2. The van der Waals surface area contributed by atoms with Crippen LogP contribution in [0, 0.1) is 5.92 Å². The number of ether oxygens (including phenoxy) is 1. The van der Waals surface area contributed by atoms with Crippen LogP contribution in [0.3, 0.4) is 0 Å². The summed E-state index contributed by atoms with van der Waals surface area (Å²) in [6.45, 7) is 6.09. The van der Waals surface area contributed by atoms with Crippen LogP contribution in [-0.2, 0) is 4.74 Å². The van der Waals surface area contributed by atoms with Gasteiger partial charge in [-0.2, -0.15) is 0 Å². The van der Waals surface area contributed by atoms with Crippen molar-refractivity contribution in [3.05, 3.63) is 12.2 Å². The molecule has 1 saturated carbocycles. The Balaban J connectivity index is 0.000000671. The van der Waals surface area contributed by atoms with E-state index in [2.05, 4.69) is 19.1 Å². The number of hydrogen-bond donors (Lipinski definition) is 0. The van der Waals surface area contributed by atoms with Gasteiger partial charge < -0.3 is 4.74 Å². The molecule has 1 aliphatic carbocycles. The lowest BCUT2D eigenvalue weighted by molar-refractivity contribution is 0.0589. The van der Waals surface area contributed by atoms with Crippen LogP contribution < -0.4 is 0 Å². The fourth-order valence-corrected chi connectivity index (χ4v) is 1.84. The van der Waals surface area contributed by atoms with E-state index < -0.39 is 0 Å². The molecule has 1 aliphatic rings. The predicted molar refractivity (Wildman–Crippen MR) is 58.9 cm³/mol. The second-order valence-electron chi connectivity index (χ2n) is 3.31. The van der Waals surface area contributed by atoms with Crippen LogP contribution in [0.2, 0.25) is 0 Å². The first-order chi connectivity index (χ1) is 6.36. The minimum Gasteiger partial charge on any atom is -0.381 e. The van der Waals surface area contributed by atoms with E-state index >= 15 is 0 Å². The van der Waals surface area contributed by atoms with Crippen molar-refractivity contribution in [2.24, 2.45) is 5.92 Å². The highest BCUT2D eigenvalue weighted by molar-refractivity contribution is 4.89. The van der Waals surface area contributed by atoms with Gasteiger partial charge in [-0.3, -0.25) is 0 Å². The number of hydrogen-bond acceptors (Lipinski definition) is 1. The van der Waals surface area contributed by atoms with Gasteiger partial charge in [0.2, 0.25) is 0 Å². The Bertz CT molecular complexity index is 129. The molecule has 1 rings (SSSR count). The van der Waals surface area contributed by atoms with E-state index in [1.54, 1.807) is 0 Å². The first-order valence-corrected chi connectivity index (χ1v) is 5.52. The molecule has 0 aromatic carbocycles.